The maximum Gasteiger partial charge on any atom is 0.306 e. The van der Waals surface area contributed by atoms with E-state index in [1.165, 1.54) is 9.13 Å². The fourth-order valence-corrected chi connectivity index (χ4v) is 2.35. The highest BCUT2D eigenvalue weighted by molar-refractivity contribution is 14.1. The van der Waals surface area contributed by atoms with Crippen molar-refractivity contribution in [3.8, 4) is 0 Å². The van der Waals surface area contributed by atoms with Gasteiger partial charge in [-0.2, -0.15) is 0 Å². The third kappa shape index (κ3) is 6.95. The molecule has 0 saturated heterocycles. The summed E-state index contributed by atoms with van der Waals surface area (Å²) in [6, 6.07) is 8.44. The van der Waals surface area contributed by atoms with Gasteiger partial charge in [-0.1, -0.05) is 26.0 Å². The van der Waals surface area contributed by atoms with E-state index >= 15 is 0 Å². The molecule has 0 unspecified atom stereocenters. The summed E-state index contributed by atoms with van der Waals surface area (Å²) in [5, 5.41) is 0. The Hall–Kier alpha value is -0.580. The lowest BCUT2D eigenvalue weighted by Gasteiger charge is -2.26. The first kappa shape index (κ1) is 16.5. The van der Waals surface area contributed by atoms with Crippen LogP contribution in [0.4, 0.5) is 0 Å². The van der Waals surface area contributed by atoms with E-state index < -0.39 is 5.60 Å². The molecule has 2 nitrogen and oxygen atoms in total. The molecule has 0 radical (unpaired) electrons. The Labute approximate surface area is 130 Å². The number of carbonyl (C=O) groups is 1. The summed E-state index contributed by atoms with van der Waals surface area (Å²) >= 11 is 2.29. The van der Waals surface area contributed by atoms with Gasteiger partial charge in [-0.05, 0) is 72.9 Å². The molecule has 0 N–H and O–H groups in total. The lowest BCUT2D eigenvalue weighted by Crippen LogP contribution is -2.28. The van der Waals surface area contributed by atoms with Crippen LogP contribution in [0.5, 0.6) is 0 Å². The van der Waals surface area contributed by atoms with Crippen LogP contribution >= 0.6 is 22.6 Å². The zero-order valence-electron chi connectivity index (χ0n) is 12.4. The van der Waals surface area contributed by atoms with Gasteiger partial charge in [-0.25, -0.2) is 0 Å². The minimum Gasteiger partial charge on any atom is -0.460 e. The Morgan fingerprint density at radius 2 is 1.63 bits per heavy atom. The molecule has 0 spiro atoms. The van der Waals surface area contributed by atoms with E-state index in [1.807, 2.05) is 20.8 Å². The van der Waals surface area contributed by atoms with Crippen LogP contribution in [0.1, 0.15) is 46.6 Å². The molecule has 0 amide bonds. The van der Waals surface area contributed by atoms with Crippen molar-refractivity contribution >= 4 is 28.6 Å². The van der Waals surface area contributed by atoms with Crippen molar-refractivity contribution in [1.29, 1.82) is 0 Å². The molecule has 0 aliphatic rings. The van der Waals surface area contributed by atoms with Crippen molar-refractivity contribution in [3.63, 3.8) is 0 Å². The van der Waals surface area contributed by atoms with E-state index in [1.54, 1.807) is 0 Å². The molecule has 0 saturated carbocycles. The summed E-state index contributed by atoms with van der Waals surface area (Å²) in [7, 11) is 0. The molecule has 1 aromatic carbocycles. The summed E-state index contributed by atoms with van der Waals surface area (Å²) in [4.78, 5) is 11.9. The Kier molecular flexibility index (Phi) is 5.42. The van der Waals surface area contributed by atoms with Gasteiger partial charge in [0, 0.05) is 3.57 Å². The number of carbonyl (C=O) groups excluding carboxylic acids is 1. The van der Waals surface area contributed by atoms with Crippen molar-refractivity contribution in [3.05, 3.63) is 33.4 Å². The van der Waals surface area contributed by atoms with Gasteiger partial charge in [-0.3, -0.25) is 4.79 Å². The van der Waals surface area contributed by atoms with Gasteiger partial charge in [0.25, 0.3) is 0 Å². The molecule has 0 heterocycles. The number of rotatable bonds is 4. The van der Waals surface area contributed by atoms with Crippen molar-refractivity contribution in [1.82, 2.24) is 0 Å². The van der Waals surface area contributed by atoms with Crippen LogP contribution in [-0.4, -0.2) is 11.6 Å². The quantitative estimate of drug-likeness (QED) is 0.569. The van der Waals surface area contributed by atoms with Gasteiger partial charge in [0.2, 0.25) is 0 Å². The average molecular weight is 374 g/mol. The predicted molar refractivity (Wildman–Crippen MR) is 87.1 cm³/mol. The standard InChI is InChI=1S/C16H23IO2/c1-15(2,3)19-14(18)11-16(4,5)10-12-6-8-13(17)9-7-12/h6-9H,10-11H2,1-5H3. The summed E-state index contributed by atoms with van der Waals surface area (Å²) in [6.45, 7) is 9.91. The minimum absolute atomic E-state index is 0.0882. The van der Waals surface area contributed by atoms with E-state index in [0.717, 1.165) is 6.42 Å². The first-order chi connectivity index (χ1) is 8.57. The van der Waals surface area contributed by atoms with Gasteiger partial charge >= 0.3 is 5.97 Å². The predicted octanol–water partition coefficient (Wildman–Crippen LogP) is 4.59. The minimum atomic E-state index is -0.407. The van der Waals surface area contributed by atoms with E-state index in [9.17, 15) is 4.79 Å². The van der Waals surface area contributed by atoms with E-state index in [0.29, 0.717) is 6.42 Å². The second-order valence-electron chi connectivity index (χ2n) is 6.73. The first-order valence-corrected chi connectivity index (χ1v) is 7.62. The summed E-state index contributed by atoms with van der Waals surface area (Å²) < 4.78 is 6.62. The Morgan fingerprint density at radius 3 is 2.11 bits per heavy atom. The van der Waals surface area contributed by atoms with Crippen LogP contribution in [0.15, 0.2) is 24.3 Å². The van der Waals surface area contributed by atoms with Crippen LogP contribution in [-0.2, 0) is 16.0 Å². The average Bonchev–Trinajstić information content (AvgIpc) is 2.17. The first-order valence-electron chi connectivity index (χ1n) is 6.54. The zero-order chi connectivity index (χ0) is 14.7. The summed E-state index contributed by atoms with van der Waals surface area (Å²) in [5.74, 6) is -0.122. The zero-order valence-corrected chi connectivity index (χ0v) is 14.6. The normalized spacial score (nSPS) is 12.3. The molecule has 3 heteroatoms. The fourth-order valence-electron chi connectivity index (χ4n) is 1.99. The molecule has 0 fully saturated rings. The lowest BCUT2D eigenvalue weighted by atomic mass is 9.83. The molecule has 1 aromatic rings. The summed E-state index contributed by atoms with van der Waals surface area (Å²) in [6.07, 6.45) is 1.32. The highest BCUT2D eigenvalue weighted by Crippen LogP contribution is 2.27. The molecule has 0 aliphatic heterocycles. The summed E-state index contributed by atoms with van der Waals surface area (Å²) in [5.41, 5.74) is 0.763. The van der Waals surface area contributed by atoms with E-state index in [4.69, 9.17) is 4.74 Å². The number of esters is 1. The van der Waals surface area contributed by atoms with Crippen LogP contribution in [0, 0.1) is 8.99 Å². The molecular formula is C16H23IO2. The van der Waals surface area contributed by atoms with Crippen LogP contribution < -0.4 is 0 Å². The maximum absolute atomic E-state index is 11.9. The molecule has 106 valence electrons. The van der Waals surface area contributed by atoms with Gasteiger partial charge in [0.05, 0.1) is 6.42 Å². The molecule has 0 aliphatic carbocycles. The number of benzene rings is 1. The molecule has 19 heavy (non-hydrogen) atoms. The van der Waals surface area contributed by atoms with Crippen LogP contribution in [0.2, 0.25) is 0 Å². The Morgan fingerprint density at radius 1 is 1.11 bits per heavy atom. The molecule has 0 atom stereocenters. The van der Waals surface area contributed by atoms with Crippen molar-refractivity contribution < 1.29 is 9.53 Å². The third-order valence-electron chi connectivity index (χ3n) is 2.64. The largest absolute Gasteiger partial charge is 0.460 e. The highest BCUT2D eigenvalue weighted by Gasteiger charge is 2.26. The highest BCUT2D eigenvalue weighted by atomic mass is 127. The Balaban J connectivity index is 2.61. The SMILES string of the molecule is CC(C)(CC(=O)OC(C)(C)C)Cc1ccc(I)cc1. The number of ether oxygens (including phenoxy) is 1. The molecule has 0 aromatic heterocycles. The van der Waals surface area contributed by atoms with Gasteiger partial charge in [0.1, 0.15) is 5.60 Å². The number of halogens is 1. The fraction of sp³-hybridized carbons (Fsp3) is 0.562. The van der Waals surface area contributed by atoms with Crippen molar-refractivity contribution in [2.75, 3.05) is 0 Å². The van der Waals surface area contributed by atoms with Crippen molar-refractivity contribution in [2.24, 2.45) is 5.41 Å². The number of hydrogen-bond donors (Lipinski definition) is 0. The second kappa shape index (κ2) is 6.25. The van der Waals surface area contributed by atoms with Crippen molar-refractivity contribution in [2.45, 2.75) is 53.1 Å². The number of hydrogen-bond acceptors (Lipinski definition) is 2. The van der Waals surface area contributed by atoms with E-state index in [2.05, 4.69) is 60.7 Å². The smallest absolute Gasteiger partial charge is 0.306 e. The molecular weight excluding hydrogens is 351 g/mol. The van der Waals surface area contributed by atoms with Gasteiger partial charge < -0.3 is 4.74 Å². The van der Waals surface area contributed by atoms with Gasteiger partial charge in [0.15, 0.2) is 0 Å². The molecule has 0 bridgehead atoms. The van der Waals surface area contributed by atoms with Crippen LogP contribution in [0.25, 0.3) is 0 Å². The Bertz CT molecular complexity index is 427. The maximum atomic E-state index is 11.9. The third-order valence-corrected chi connectivity index (χ3v) is 3.36. The monoisotopic (exact) mass is 374 g/mol. The second-order valence-corrected chi connectivity index (χ2v) is 7.98. The topological polar surface area (TPSA) is 26.3 Å². The van der Waals surface area contributed by atoms with E-state index in [-0.39, 0.29) is 11.4 Å². The van der Waals surface area contributed by atoms with Crippen LogP contribution in [0.3, 0.4) is 0 Å². The lowest BCUT2D eigenvalue weighted by molar-refractivity contribution is -0.157. The van der Waals surface area contributed by atoms with Gasteiger partial charge in [-0.15, -0.1) is 0 Å². The molecule has 1 rings (SSSR count).